The molecule has 1 heterocycles. The first-order chi connectivity index (χ1) is 10.6. The number of para-hydroxylation sites is 1. The molecule has 0 fully saturated rings. The molecule has 0 unspecified atom stereocenters. The molecule has 2 amide bonds. The van der Waals surface area contributed by atoms with Crippen molar-refractivity contribution in [3.05, 3.63) is 65.2 Å². The first-order valence-corrected chi connectivity index (χ1v) is 6.83. The van der Waals surface area contributed by atoms with Crippen molar-refractivity contribution in [1.82, 2.24) is 0 Å². The monoisotopic (exact) mass is 295 g/mol. The third kappa shape index (κ3) is 2.37. The lowest BCUT2D eigenvalue weighted by Crippen LogP contribution is -2.34. The molecular weight excluding hydrogens is 282 g/mol. The van der Waals surface area contributed by atoms with Crippen molar-refractivity contribution >= 4 is 23.5 Å². The van der Waals surface area contributed by atoms with E-state index >= 15 is 0 Å². The van der Waals surface area contributed by atoms with E-state index in [9.17, 15) is 14.4 Å². The molecule has 0 aromatic heterocycles. The normalized spacial score (nSPS) is 13.1. The average molecular weight is 295 g/mol. The highest BCUT2D eigenvalue weighted by atomic mass is 16.4. The Morgan fingerprint density at radius 3 is 2.45 bits per heavy atom. The first-order valence-electron chi connectivity index (χ1n) is 6.83. The van der Waals surface area contributed by atoms with E-state index in [4.69, 9.17) is 5.11 Å². The van der Waals surface area contributed by atoms with Gasteiger partial charge in [0.1, 0.15) is 0 Å². The van der Waals surface area contributed by atoms with Crippen molar-refractivity contribution < 1.29 is 19.5 Å². The summed E-state index contributed by atoms with van der Waals surface area (Å²) in [6, 6.07) is 13.6. The van der Waals surface area contributed by atoms with Gasteiger partial charge < -0.3 is 5.11 Å². The summed E-state index contributed by atoms with van der Waals surface area (Å²) in [6.07, 6.45) is -0.115. The molecule has 0 spiro atoms. The summed E-state index contributed by atoms with van der Waals surface area (Å²) in [5, 5.41) is 9.02. The van der Waals surface area contributed by atoms with Crippen LogP contribution >= 0.6 is 0 Å². The standard InChI is InChI=1S/C17H13NO4/c19-14-9-12-7-4-8-13(10-15(20)21)16(12)18(14)17(22)11-5-2-1-3-6-11/h1-8H,9-10H2,(H,20,21). The number of carboxylic acid groups (broad SMARTS) is 1. The number of nitrogens with zero attached hydrogens (tertiary/aromatic N) is 1. The Bertz CT molecular complexity index is 767. The highest BCUT2D eigenvalue weighted by Crippen LogP contribution is 2.34. The Labute approximate surface area is 126 Å². The summed E-state index contributed by atoms with van der Waals surface area (Å²) >= 11 is 0. The van der Waals surface area contributed by atoms with Gasteiger partial charge in [0.05, 0.1) is 18.5 Å². The Morgan fingerprint density at radius 2 is 1.77 bits per heavy atom. The number of benzene rings is 2. The van der Waals surface area contributed by atoms with Crippen molar-refractivity contribution in [2.75, 3.05) is 4.90 Å². The van der Waals surface area contributed by atoms with E-state index < -0.39 is 11.9 Å². The number of hydrogen-bond donors (Lipinski definition) is 1. The van der Waals surface area contributed by atoms with Gasteiger partial charge in [0.25, 0.3) is 5.91 Å². The predicted octanol–water partition coefficient (Wildman–Crippen LogP) is 2.04. The maximum absolute atomic E-state index is 12.6. The van der Waals surface area contributed by atoms with Gasteiger partial charge in [-0.15, -0.1) is 0 Å². The van der Waals surface area contributed by atoms with Crippen LogP contribution in [-0.2, 0) is 22.4 Å². The number of rotatable bonds is 3. The second-order valence-corrected chi connectivity index (χ2v) is 5.07. The number of hydrogen-bond acceptors (Lipinski definition) is 3. The topological polar surface area (TPSA) is 74.7 Å². The van der Waals surface area contributed by atoms with E-state index in [0.29, 0.717) is 22.4 Å². The molecule has 1 N–H and O–H groups in total. The molecule has 1 aliphatic heterocycles. The van der Waals surface area contributed by atoms with E-state index in [1.807, 2.05) is 0 Å². The molecule has 110 valence electrons. The molecule has 5 nitrogen and oxygen atoms in total. The van der Waals surface area contributed by atoms with E-state index in [1.165, 1.54) is 0 Å². The lowest BCUT2D eigenvalue weighted by molar-refractivity contribution is -0.136. The fourth-order valence-corrected chi connectivity index (χ4v) is 2.67. The largest absolute Gasteiger partial charge is 0.481 e. The van der Waals surface area contributed by atoms with E-state index in [1.54, 1.807) is 48.5 Å². The Balaban J connectivity index is 2.07. The predicted molar refractivity (Wildman–Crippen MR) is 79.7 cm³/mol. The molecule has 0 saturated heterocycles. The number of carboxylic acids is 1. The SMILES string of the molecule is O=C(O)Cc1cccc2c1N(C(=O)c1ccccc1)C(=O)C2. The highest BCUT2D eigenvalue weighted by Gasteiger charge is 2.35. The van der Waals surface area contributed by atoms with Gasteiger partial charge in [0.2, 0.25) is 5.91 Å². The lowest BCUT2D eigenvalue weighted by atomic mass is 10.0. The molecule has 0 saturated carbocycles. The van der Waals surface area contributed by atoms with Crippen molar-refractivity contribution in [3.63, 3.8) is 0 Å². The molecule has 22 heavy (non-hydrogen) atoms. The van der Waals surface area contributed by atoms with Crippen LogP contribution in [0.1, 0.15) is 21.5 Å². The summed E-state index contributed by atoms with van der Waals surface area (Å²) in [6.45, 7) is 0. The molecule has 0 bridgehead atoms. The summed E-state index contributed by atoms with van der Waals surface area (Å²) in [5.74, 6) is -1.76. The smallest absolute Gasteiger partial charge is 0.307 e. The van der Waals surface area contributed by atoms with E-state index in [-0.39, 0.29) is 18.7 Å². The minimum atomic E-state index is -1.00. The van der Waals surface area contributed by atoms with Gasteiger partial charge in [-0.1, -0.05) is 36.4 Å². The van der Waals surface area contributed by atoms with Crippen LogP contribution in [0.25, 0.3) is 0 Å². The summed E-state index contributed by atoms with van der Waals surface area (Å²) < 4.78 is 0. The fraction of sp³-hybridized carbons (Fsp3) is 0.118. The Hall–Kier alpha value is -2.95. The van der Waals surface area contributed by atoms with Crippen LogP contribution in [0.3, 0.4) is 0 Å². The minimum absolute atomic E-state index is 0.112. The maximum atomic E-state index is 12.6. The minimum Gasteiger partial charge on any atom is -0.481 e. The Kier molecular flexibility index (Phi) is 3.47. The van der Waals surface area contributed by atoms with Crippen molar-refractivity contribution in [2.24, 2.45) is 0 Å². The Morgan fingerprint density at radius 1 is 1.05 bits per heavy atom. The third-order valence-electron chi connectivity index (χ3n) is 3.58. The van der Waals surface area contributed by atoms with Gasteiger partial charge in [0.15, 0.2) is 0 Å². The van der Waals surface area contributed by atoms with Crippen LogP contribution in [0.2, 0.25) is 0 Å². The highest BCUT2D eigenvalue weighted by molar-refractivity contribution is 6.24. The van der Waals surface area contributed by atoms with Crippen molar-refractivity contribution in [2.45, 2.75) is 12.8 Å². The summed E-state index contributed by atoms with van der Waals surface area (Å²) in [4.78, 5) is 37.0. The molecular formula is C17H13NO4. The van der Waals surface area contributed by atoms with Crippen LogP contribution in [0.5, 0.6) is 0 Å². The lowest BCUT2D eigenvalue weighted by Gasteiger charge is -2.18. The van der Waals surface area contributed by atoms with Crippen LogP contribution in [0.15, 0.2) is 48.5 Å². The zero-order chi connectivity index (χ0) is 15.7. The number of amides is 2. The molecule has 0 radical (unpaired) electrons. The van der Waals surface area contributed by atoms with Gasteiger partial charge in [-0.3, -0.25) is 14.4 Å². The number of anilines is 1. The number of aliphatic carboxylic acids is 1. The fourth-order valence-electron chi connectivity index (χ4n) is 2.67. The maximum Gasteiger partial charge on any atom is 0.307 e. The van der Waals surface area contributed by atoms with Gasteiger partial charge >= 0.3 is 5.97 Å². The van der Waals surface area contributed by atoms with Crippen molar-refractivity contribution in [1.29, 1.82) is 0 Å². The van der Waals surface area contributed by atoms with Crippen LogP contribution < -0.4 is 4.90 Å². The van der Waals surface area contributed by atoms with E-state index in [0.717, 1.165) is 4.90 Å². The molecule has 2 aromatic rings. The second-order valence-electron chi connectivity index (χ2n) is 5.07. The number of imide groups is 1. The number of carbonyl (C=O) groups excluding carboxylic acids is 2. The zero-order valence-electron chi connectivity index (χ0n) is 11.7. The quantitative estimate of drug-likeness (QED) is 0.879. The molecule has 0 atom stereocenters. The van der Waals surface area contributed by atoms with Gasteiger partial charge in [-0.25, -0.2) is 4.90 Å². The third-order valence-corrected chi connectivity index (χ3v) is 3.58. The van der Waals surface area contributed by atoms with Crippen molar-refractivity contribution in [3.8, 4) is 0 Å². The number of fused-ring (bicyclic) bond motifs is 1. The molecule has 0 aliphatic carbocycles. The van der Waals surface area contributed by atoms with Gasteiger partial charge in [-0.05, 0) is 23.3 Å². The molecule has 3 rings (SSSR count). The first kappa shape index (κ1) is 14.0. The van der Waals surface area contributed by atoms with Gasteiger partial charge in [-0.2, -0.15) is 0 Å². The van der Waals surface area contributed by atoms with Crippen LogP contribution in [-0.4, -0.2) is 22.9 Å². The zero-order valence-corrected chi connectivity index (χ0v) is 11.7. The van der Waals surface area contributed by atoms with Gasteiger partial charge in [0, 0.05) is 5.56 Å². The number of carbonyl (C=O) groups is 3. The van der Waals surface area contributed by atoms with Crippen LogP contribution in [0, 0.1) is 0 Å². The van der Waals surface area contributed by atoms with Crippen LogP contribution in [0.4, 0.5) is 5.69 Å². The summed E-state index contributed by atoms with van der Waals surface area (Å²) in [7, 11) is 0. The molecule has 5 heteroatoms. The second kappa shape index (κ2) is 5.44. The summed E-state index contributed by atoms with van der Waals surface area (Å²) in [5.41, 5.74) is 1.98. The molecule has 2 aromatic carbocycles. The molecule has 1 aliphatic rings. The average Bonchev–Trinajstić information content (AvgIpc) is 2.84. The van der Waals surface area contributed by atoms with E-state index in [2.05, 4.69) is 0 Å².